The number of nitrogens with one attached hydrogen (secondary N) is 1. The van der Waals surface area contributed by atoms with Crippen LogP contribution in [0.25, 0.3) is 11.8 Å². The lowest BCUT2D eigenvalue weighted by atomic mass is 9.76. The number of aromatic nitrogens is 4. The van der Waals surface area contributed by atoms with Crippen LogP contribution in [0, 0.1) is 0 Å². The average Bonchev–Trinajstić information content (AvgIpc) is 3.61. The first-order valence-corrected chi connectivity index (χ1v) is 16.0. The fraction of sp³-hybridized carbons (Fsp3) is 0.314. The maximum atomic E-state index is 14.1. The van der Waals surface area contributed by atoms with Gasteiger partial charge in [0.1, 0.15) is 12.4 Å². The number of hydrogen-bond acceptors (Lipinski definition) is 7. The number of benzene rings is 3. The van der Waals surface area contributed by atoms with E-state index in [0.29, 0.717) is 46.9 Å². The Labute approximate surface area is 277 Å². The number of nitrogens with zero attached hydrogens (tertiary/aromatic N) is 6. The highest BCUT2D eigenvalue weighted by molar-refractivity contribution is 6.30. The van der Waals surface area contributed by atoms with E-state index in [1.54, 1.807) is 41.3 Å². The molecule has 2 N–H and O–H groups in total. The molecule has 1 saturated carbocycles. The van der Waals surface area contributed by atoms with E-state index in [1.165, 1.54) is 34.8 Å². The van der Waals surface area contributed by atoms with E-state index in [2.05, 4.69) is 45.9 Å². The number of aromatic carboxylic acids is 1. The lowest BCUT2D eigenvalue weighted by molar-refractivity contribution is -0.135. The molecule has 2 aliphatic rings. The third-order valence-electron chi connectivity index (χ3n) is 9.25. The van der Waals surface area contributed by atoms with Crippen molar-refractivity contribution in [2.45, 2.75) is 50.1 Å². The molecule has 1 atom stereocenters. The molecule has 0 bridgehead atoms. The molecule has 11 nitrogen and oxygen atoms in total. The second-order valence-corrected chi connectivity index (χ2v) is 12.7. The third kappa shape index (κ3) is 6.96. The van der Waals surface area contributed by atoms with Crippen LogP contribution in [0.15, 0.2) is 73.1 Å². The van der Waals surface area contributed by atoms with E-state index in [0.717, 1.165) is 36.8 Å². The van der Waals surface area contributed by atoms with Crippen molar-refractivity contribution in [3.8, 4) is 5.69 Å². The highest BCUT2D eigenvalue weighted by Crippen LogP contribution is 2.41. The van der Waals surface area contributed by atoms with Crippen LogP contribution in [0.4, 0.5) is 5.69 Å². The van der Waals surface area contributed by atoms with Crippen molar-refractivity contribution in [2.75, 3.05) is 26.0 Å². The Hall–Kier alpha value is -4.87. The summed E-state index contributed by atoms with van der Waals surface area (Å²) in [5, 5.41) is 24.1. The molecule has 2 amide bonds. The predicted octanol–water partition coefficient (Wildman–Crippen LogP) is 5.38. The standard InChI is InChI=1S/C35H36ClN7O4/c1-41(2)27-14-8-22(9-15-27)28-4-3-5-30-29(28)18-19-42(33(30)34(45)38-26-12-6-23(7-13-26)35(46)47)32(44)17-10-24-20-25(36)11-16-31(24)43-21-37-39-40-43/h3-7,10-13,16-17,20-22,27,33H,8-9,14-15,18-19H2,1-2H3,(H,38,45)(H,46,47)/b17-10+. The van der Waals surface area contributed by atoms with Crippen molar-refractivity contribution < 1.29 is 19.5 Å². The van der Waals surface area contributed by atoms with Crippen molar-refractivity contribution in [2.24, 2.45) is 0 Å². The summed E-state index contributed by atoms with van der Waals surface area (Å²) in [4.78, 5) is 43.3. The number of amides is 2. The summed E-state index contributed by atoms with van der Waals surface area (Å²) in [6.07, 6.45) is 9.55. The molecule has 12 heteroatoms. The quantitative estimate of drug-likeness (QED) is 0.242. The van der Waals surface area contributed by atoms with E-state index in [9.17, 15) is 19.5 Å². The number of tetrazole rings is 1. The summed E-state index contributed by atoms with van der Waals surface area (Å²) >= 11 is 6.29. The van der Waals surface area contributed by atoms with Crippen molar-refractivity contribution >= 4 is 41.1 Å². The topological polar surface area (TPSA) is 134 Å². The van der Waals surface area contributed by atoms with Gasteiger partial charge in [-0.25, -0.2) is 4.79 Å². The smallest absolute Gasteiger partial charge is 0.335 e. The largest absolute Gasteiger partial charge is 0.478 e. The van der Waals surface area contributed by atoms with Crippen LogP contribution in [0.3, 0.4) is 0 Å². The number of carbonyl (C=O) groups excluding carboxylic acids is 2. The molecule has 1 fully saturated rings. The number of carboxylic acids is 1. The van der Waals surface area contributed by atoms with Gasteiger partial charge >= 0.3 is 5.97 Å². The van der Waals surface area contributed by atoms with Gasteiger partial charge in [0, 0.05) is 34.9 Å². The van der Waals surface area contributed by atoms with Gasteiger partial charge in [0.05, 0.1) is 11.3 Å². The molecule has 1 aliphatic carbocycles. The van der Waals surface area contributed by atoms with E-state index < -0.39 is 12.0 Å². The van der Waals surface area contributed by atoms with Crippen LogP contribution in [0.1, 0.15) is 70.3 Å². The molecule has 1 aliphatic heterocycles. The van der Waals surface area contributed by atoms with Gasteiger partial charge in [0.15, 0.2) is 0 Å². The molecule has 6 rings (SSSR count). The highest BCUT2D eigenvalue weighted by Gasteiger charge is 2.37. The van der Waals surface area contributed by atoms with Crippen LogP contribution < -0.4 is 5.32 Å². The average molecular weight is 654 g/mol. The lowest BCUT2D eigenvalue weighted by Gasteiger charge is -2.39. The number of hydrogen-bond donors (Lipinski definition) is 2. The van der Waals surface area contributed by atoms with Gasteiger partial charge in [0.2, 0.25) is 5.91 Å². The van der Waals surface area contributed by atoms with E-state index in [1.807, 2.05) is 12.1 Å². The Morgan fingerprint density at radius 1 is 1.00 bits per heavy atom. The Kier molecular flexibility index (Phi) is 9.46. The molecule has 242 valence electrons. The summed E-state index contributed by atoms with van der Waals surface area (Å²) in [5.41, 5.74) is 5.02. The minimum Gasteiger partial charge on any atom is -0.478 e. The molecule has 47 heavy (non-hydrogen) atoms. The van der Waals surface area contributed by atoms with Crippen molar-refractivity contribution in [1.29, 1.82) is 0 Å². The summed E-state index contributed by atoms with van der Waals surface area (Å²) in [7, 11) is 4.26. The van der Waals surface area contributed by atoms with Crippen LogP contribution in [0.2, 0.25) is 5.02 Å². The second kappa shape index (κ2) is 13.9. The van der Waals surface area contributed by atoms with Gasteiger partial charge in [-0.05, 0) is 128 Å². The Morgan fingerprint density at radius 3 is 2.43 bits per heavy atom. The molecule has 0 radical (unpaired) electrons. The van der Waals surface area contributed by atoms with Gasteiger partial charge in [-0.15, -0.1) is 5.10 Å². The maximum Gasteiger partial charge on any atom is 0.335 e. The Balaban J connectivity index is 1.32. The highest BCUT2D eigenvalue weighted by atomic mass is 35.5. The van der Waals surface area contributed by atoms with Gasteiger partial charge in [-0.1, -0.05) is 29.8 Å². The predicted molar refractivity (Wildman–Crippen MR) is 179 cm³/mol. The van der Waals surface area contributed by atoms with Gasteiger partial charge in [-0.2, -0.15) is 4.68 Å². The summed E-state index contributed by atoms with van der Waals surface area (Å²) in [6.45, 7) is 0.353. The Bertz CT molecular complexity index is 1800. The number of carboxylic acid groups (broad SMARTS) is 1. The van der Waals surface area contributed by atoms with E-state index >= 15 is 0 Å². The van der Waals surface area contributed by atoms with Crippen molar-refractivity contribution in [1.82, 2.24) is 30.0 Å². The molecule has 0 spiro atoms. The zero-order chi connectivity index (χ0) is 33.1. The summed E-state index contributed by atoms with van der Waals surface area (Å²) in [5.74, 6) is -1.37. The number of halogens is 1. The van der Waals surface area contributed by atoms with E-state index in [4.69, 9.17) is 11.6 Å². The molecule has 1 aromatic heterocycles. The summed E-state index contributed by atoms with van der Waals surface area (Å²) < 4.78 is 1.48. The van der Waals surface area contributed by atoms with Crippen molar-refractivity contribution in [3.05, 3.63) is 106 Å². The number of anilines is 1. The monoisotopic (exact) mass is 653 g/mol. The van der Waals surface area contributed by atoms with Crippen LogP contribution in [-0.2, 0) is 16.0 Å². The third-order valence-corrected chi connectivity index (χ3v) is 9.48. The van der Waals surface area contributed by atoms with Gasteiger partial charge in [0.25, 0.3) is 5.91 Å². The molecule has 3 aromatic carbocycles. The number of fused-ring (bicyclic) bond motifs is 1. The lowest BCUT2D eigenvalue weighted by Crippen LogP contribution is -2.45. The Morgan fingerprint density at radius 2 is 1.74 bits per heavy atom. The molecular formula is C35H36ClN7O4. The molecule has 2 heterocycles. The molecular weight excluding hydrogens is 618 g/mol. The van der Waals surface area contributed by atoms with E-state index in [-0.39, 0.29) is 17.4 Å². The fourth-order valence-corrected chi connectivity index (χ4v) is 6.99. The second-order valence-electron chi connectivity index (χ2n) is 12.2. The van der Waals surface area contributed by atoms with Crippen LogP contribution >= 0.6 is 11.6 Å². The first-order chi connectivity index (χ1) is 22.7. The van der Waals surface area contributed by atoms with Crippen LogP contribution in [-0.4, -0.2) is 79.6 Å². The minimum absolute atomic E-state index is 0.114. The first-order valence-electron chi connectivity index (χ1n) is 15.6. The zero-order valence-electron chi connectivity index (χ0n) is 26.2. The van der Waals surface area contributed by atoms with Gasteiger partial charge in [-0.3, -0.25) is 9.59 Å². The van der Waals surface area contributed by atoms with Gasteiger partial charge < -0.3 is 20.2 Å². The zero-order valence-corrected chi connectivity index (χ0v) is 27.0. The summed E-state index contributed by atoms with van der Waals surface area (Å²) in [6, 6.07) is 17.0. The fourth-order valence-electron chi connectivity index (χ4n) is 6.81. The maximum absolute atomic E-state index is 14.1. The van der Waals surface area contributed by atoms with Crippen molar-refractivity contribution in [3.63, 3.8) is 0 Å². The molecule has 0 saturated heterocycles. The first kappa shape index (κ1) is 32.1. The number of rotatable bonds is 8. The van der Waals surface area contributed by atoms with Crippen LogP contribution in [0.5, 0.6) is 0 Å². The number of carbonyl (C=O) groups is 3. The normalized spacial score (nSPS) is 19.5. The molecule has 1 unspecified atom stereocenters. The minimum atomic E-state index is -1.05. The SMILES string of the molecule is CN(C)C1CCC(c2cccc3c2CCN(C(=O)/C=C/c2cc(Cl)ccc2-n2cnnn2)C3C(=O)Nc2ccc(C(=O)O)cc2)CC1. The molecule has 4 aromatic rings.